The van der Waals surface area contributed by atoms with Crippen molar-refractivity contribution < 1.29 is 9.53 Å². The van der Waals surface area contributed by atoms with Crippen molar-refractivity contribution >= 4 is 17.7 Å². The van der Waals surface area contributed by atoms with Crippen LogP contribution in [0.2, 0.25) is 0 Å². The number of ether oxygens (including phenoxy) is 1. The van der Waals surface area contributed by atoms with Gasteiger partial charge in [-0.2, -0.15) is 0 Å². The van der Waals surface area contributed by atoms with Gasteiger partial charge in [0, 0.05) is 36.8 Å². The van der Waals surface area contributed by atoms with Crippen LogP contribution in [0, 0.1) is 0 Å². The smallest absolute Gasteiger partial charge is 0.230 e. The van der Waals surface area contributed by atoms with Crippen LogP contribution < -0.4 is 5.32 Å². The molecule has 1 saturated heterocycles. The van der Waals surface area contributed by atoms with E-state index in [9.17, 15) is 4.79 Å². The van der Waals surface area contributed by atoms with Crippen LogP contribution >= 0.6 is 11.8 Å². The second-order valence-corrected chi connectivity index (χ2v) is 7.39. The van der Waals surface area contributed by atoms with Crippen molar-refractivity contribution in [2.24, 2.45) is 0 Å². The molecule has 0 radical (unpaired) electrons. The second-order valence-electron chi connectivity index (χ2n) is 6.45. The first-order chi connectivity index (χ1) is 13.8. The van der Waals surface area contributed by atoms with Gasteiger partial charge in [0.1, 0.15) is 0 Å². The normalized spacial score (nSPS) is 16.2. The minimum Gasteiger partial charge on any atom is -0.376 e. The molecular weight excluding hydrogens is 374 g/mol. The minimum atomic E-state index is -0.0361. The molecule has 1 aliphatic heterocycles. The number of benzene rings is 1. The largest absolute Gasteiger partial charge is 0.376 e. The molecule has 0 saturated carbocycles. The predicted molar refractivity (Wildman–Crippen MR) is 107 cm³/mol. The third-order valence-corrected chi connectivity index (χ3v) is 5.38. The zero-order valence-corrected chi connectivity index (χ0v) is 16.1. The molecule has 1 N–H and O–H groups in total. The molecule has 3 aromatic rings. The van der Waals surface area contributed by atoms with E-state index in [1.165, 1.54) is 11.8 Å². The molecule has 4 rings (SSSR count). The van der Waals surface area contributed by atoms with Gasteiger partial charge >= 0.3 is 0 Å². The standard InChI is InChI=1S/C20H21N5O2S/c26-18(22-13-17-9-5-11-27-17)14-28-20-24-23-19(15-6-4-10-21-12-15)25(20)16-7-2-1-3-8-16/h1-4,6-8,10,12,17H,5,9,11,13-14H2,(H,22,26)/t17-/m1/s1. The highest BCUT2D eigenvalue weighted by Crippen LogP contribution is 2.27. The molecule has 0 aliphatic carbocycles. The zero-order valence-electron chi connectivity index (χ0n) is 15.3. The number of hydrogen-bond acceptors (Lipinski definition) is 6. The fourth-order valence-electron chi connectivity index (χ4n) is 3.07. The van der Waals surface area contributed by atoms with Crippen molar-refractivity contribution in [2.75, 3.05) is 18.9 Å². The molecule has 144 valence electrons. The van der Waals surface area contributed by atoms with Gasteiger partial charge in [-0.3, -0.25) is 14.3 Å². The van der Waals surface area contributed by atoms with Crippen molar-refractivity contribution in [1.82, 2.24) is 25.1 Å². The molecule has 1 atom stereocenters. The molecule has 8 heteroatoms. The van der Waals surface area contributed by atoms with E-state index >= 15 is 0 Å². The van der Waals surface area contributed by atoms with E-state index in [-0.39, 0.29) is 17.8 Å². The second kappa shape index (κ2) is 8.99. The first-order valence-electron chi connectivity index (χ1n) is 9.23. The third-order valence-electron chi connectivity index (χ3n) is 4.45. The van der Waals surface area contributed by atoms with Crippen LogP contribution in [0.15, 0.2) is 60.0 Å². The summed E-state index contributed by atoms with van der Waals surface area (Å²) >= 11 is 1.36. The Morgan fingerprint density at radius 3 is 2.86 bits per heavy atom. The number of thioether (sulfide) groups is 1. The Balaban J connectivity index is 1.50. The molecule has 1 aliphatic rings. The van der Waals surface area contributed by atoms with Crippen molar-refractivity contribution in [3.8, 4) is 17.1 Å². The molecule has 0 bridgehead atoms. The lowest BCUT2D eigenvalue weighted by Gasteiger charge is -2.11. The summed E-state index contributed by atoms with van der Waals surface area (Å²) in [6.45, 7) is 1.35. The summed E-state index contributed by atoms with van der Waals surface area (Å²) in [4.78, 5) is 16.4. The number of para-hydroxylation sites is 1. The van der Waals surface area contributed by atoms with Gasteiger partial charge in [-0.15, -0.1) is 10.2 Å². The van der Waals surface area contributed by atoms with E-state index in [1.807, 2.05) is 47.0 Å². The number of rotatable bonds is 7. The Morgan fingerprint density at radius 2 is 2.11 bits per heavy atom. The summed E-state index contributed by atoms with van der Waals surface area (Å²) in [6, 6.07) is 13.7. The summed E-state index contributed by atoms with van der Waals surface area (Å²) in [7, 11) is 0. The Morgan fingerprint density at radius 1 is 1.21 bits per heavy atom. The lowest BCUT2D eigenvalue weighted by Crippen LogP contribution is -2.32. The maximum atomic E-state index is 12.2. The number of aromatic nitrogens is 4. The van der Waals surface area contributed by atoms with Gasteiger partial charge in [0.15, 0.2) is 11.0 Å². The van der Waals surface area contributed by atoms with Crippen molar-refractivity contribution in [3.05, 3.63) is 54.9 Å². The number of nitrogens with one attached hydrogen (secondary N) is 1. The lowest BCUT2D eigenvalue weighted by molar-refractivity contribution is -0.119. The fourth-order valence-corrected chi connectivity index (χ4v) is 3.85. The maximum absolute atomic E-state index is 12.2. The molecule has 1 aromatic carbocycles. The molecule has 2 aromatic heterocycles. The fraction of sp³-hybridized carbons (Fsp3) is 0.300. The van der Waals surface area contributed by atoms with Crippen LogP contribution in [0.3, 0.4) is 0 Å². The van der Waals surface area contributed by atoms with Gasteiger partial charge < -0.3 is 10.1 Å². The highest BCUT2D eigenvalue weighted by molar-refractivity contribution is 7.99. The van der Waals surface area contributed by atoms with Gasteiger partial charge in [-0.25, -0.2) is 0 Å². The molecular formula is C20H21N5O2S. The molecule has 1 amide bonds. The van der Waals surface area contributed by atoms with Gasteiger partial charge in [0.25, 0.3) is 0 Å². The van der Waals surface area contributed by atoms with E-state index in [0.717, 1.165) is 30.7 Å². The monoisotopic (exact) mass is 395 g/mol. The van der Waals surface area contributed by atoms with Crippen molar-refractivity contribution in [3.63, 3.8) is 0 Å². The summed E-state index contributed by atoms with van der Waals surface area (Å²) < 4.78 is 7.49. The third kappa shape index (κ3) is 4.40. The SMILES string of the molecule is O=C(CSc1nnc(-c2cccnc2)n1-c1ccccc1)NC[C@H]1CCCO1. The summed E-state index contributed by atoms with van der Waals surface area (Å²) in [6.07, 6.45) is 5.68. The van der Waals surface area contributed by atoms with Crippen molar-refractivity contribution in [1.29, 1.82) is 0 Å². The maximum Gasteiger partial charge on any atom is 0.230 e. The van der Waals surface area contributed by atoms with E-state index < -0.39 is 0 Å². The van der Waals surface area contributed by atoms with Gasteiger partial charge in [0.05, 0.1) is 11.9 Å². The average Bonchev–Trinajstić information content (AvgIpc) is 3.42. The van der Waals surface area contributed by atoms with Crippen LogP contribution in [-0.4, -0.2) is 50.7 Å². The van der Waals surface area contributed by atoms with Crippen LogP contribution in [0.25, 0.3) is 17.1 Å². The molecule has 0 unspecified atom stereocenters. The Kier molecular flexibility index (Phi) is 5.98. The number of carbonyl (C=O) groups excluding carboxylic acids is 1. The van der Waals surface area contributed by atoms with E-state index in [2.05, 4.69) is 20.5 Å². The quantitative estimate of drug-likeness (QED) is 0.620. The van der Waals surface area contributed by atoms with Gasteiger partial charge in [0.2, 0.25) is 5.91 Å². The molecule has 7 nitrogen and oxygen atoms in total. The minimum absolute atomic E-state index is 0.0361. The highest BCUT2D eigenvalue weighted by atomic mass is 32.2. The van der Waals surface area contributed by atoms with E-state index in [0.29, 0.717) is 17.5 Å². The predicted octanol–water partition coefficient (Wildman–Crippen LogP) is 2.72. The zero-order chi connectivity index (χ0) is 19.2. The number of pyridine rings is 1. The average molecular weight is 395 g/mol. The van der Waals surface area contributed by atoms with Crippen LogP contribution in [-0.2, 0) is 9.53 Å². The number of nitrogens with zero attached hydrogens (tertiary/aromatic N) is 4. The molecule has 0 spiro atoms. The van der Waals surface area contributed by atoms with Gasteiger partial charge in [-0.1, -0.05) is 30.0 Å². The van der Waals surface area contributed by atoms with Crippen molar-refractivity contribution in [2.45, 2.75) is 24.1 Å². The first-order valence-corrected chi connectivity index (χ1v) is 10.2. The molecule has 28 heavy (non-hydrogen) atoms. The number of hydrogen-bond donors (Lipinski definition) is 1. The number of amides is 1. The first kappa shape index (κ1) is 18.6. The Labute approximate surface area is 167 Å². The van der Waals surface area contributed by atoms with E-state index in [1.54, 1.807) is 12.4 Å². The van der Waals surface area contributed by atoms with Crippen LogP contribution in [0.4, 0.5) is 0 Å². The van der Waals surface area contributed by atoms with Gasteiger partial charge in [-0.05, 0) is 37.1 Å². The molecule has 1 fully saturated rings. The van der Waals surface area contributed by atoms with Crippen LogP contribution in [0.1, 0.15) is 12.8 Å². The number of carbonyl (C=O) groups is 1. The van der Waals surface area contributed by atoms with E-state index in [4.69, 9.17) is 4.74 Å². The molecule has 3 heterocycles. The van der Waals surface area contributed by atoms with Crippen LogP contribution in [0.5, 0.6) is 0 Å². The summed E-state index contributed by atoms with van der Waals surface area (Å²) in [5.74, 6) is 0.928. The lowest BCUT2D eigenvalue weighted by atomic mass is 10.2. The summed E-state index contributed by atoms with van der Waals surface area (Å²) in [5, 5.41) is 12.3. The summed E-state index contributed by atoms with van der Waals surface area (Å²) in [5.41, 5.74) is 1.81. The Hall–Kier alpha value is -2.71. The highest BCUT2D eigenvalue weighted by Gasteiger charge is 2.19. The Bertz CT molecular complexity index is 911. The topological polar surface area (TPSA) is 81.9 Å².